The topological polar surface area (TPSA) is 74.4 Å². The standard InChI is InChI=1S/C10H14N2O3/c1-6(11)10(13)7-4-8(14-2)9(15-3)5-12-7/h4-6H,11H2,1-3H3. The highest BCUT2D eigenvalue weighted by atomic mass is 16.5. The van der Waals surface area contributed by atoms with Crippen LogP contribution in [-0.2, 0) is 0 Å². The van der Waals surface area contributed by atoms with Gasteiger partial charge in [0.2, 0.25) is 0 Å². The average Bonchev–Trinajstić information content (AvgIpc) is 2.26. The first-order valence-corrected chi connectivity index (χ1v) is 4.48. The van der Waals surface area contributed by atoms with Gasteiger partial charge in [0, 0.05) is 6.07 Å². The first kappa shape index (κ1) is 11.5. The van der Waals surface area contributed by atoms with Crippen LogP contribution in [0.2, 0.25) is 0 Å². The third kappa shape index (κ3) is 2.44. The Balaban J connectivity index is 3.08. The number of ether oxygens (including phenoxy) is 2. The molecule has 0 saturated heterocycles. The van der Waals surface area contributed by atoms with E-state index in [1.807, 2.05) is 0 Å². The molecule has 0 amide bonds. The van der Waals surface area contributed by atoms with Crippen LogP contribution in [0.1, 0.15) is 17.4 Å². The second-order valence-corrected chi connectivity index (χ2v) is 3.08. The molecule has 0 saturated carbocycles. The van der Waals surface area contributed by atoms with Crippen LogP contribution in [0, 0.1) is 0 Å². The highest BCUT2D eigenvalue weighted by Crippen LogP contribution is 2.25. The van der Waals surface area contributed by atoms with Crippen LogP contribution in [0.3, 0.4) is 0 Å². The summed E-state index contributed by atoms with van der Waals surface area (Å²) in [6, 6.07) is 0.945. The molecule has 1 aromatic heterocycles. The second-order valence-electron chi connectivity index (χ2n) is 3.08. The van der Waals surface area contributed by atoms with E-state index in [1.54, 1.807) is 6.92 Å². The molecule has 0 aliphatic carbocycles. The van der Waals surface area contributed by atoms with E-state index in [0.29, 0.717) is 11.5 Å². The van der Waals surface area contributed by atoms with Gasteiger partial charge in [-0.3, -0.25) is 4.79 Å². The molecule has 82 valence electrons. The van der Waals surface area contributed by atoms with Gasteiger partial charge < -0.3 is 15.2 Å². The van der Waals surface area contributed by atoms with E-state index in [2.05, 4.69) is 4.98 Å². The number of carbonyl (C=O) groups excluding carboxylic acids is 1. The molecule has 5 heteroatoms. The zero-order valence-corrected chi connectivity index (χ0v) is 8.98. The number of methoxy groups -OCH3 is 2. The number of ketones is 1. The molecule has 5 nitrogen and oxygen atoms in total. The van der Waals surface area contributed by atoms with Crippen molar-refractivity contribution < 1.29 is 14.3 Å². The number of Topliss-reactive ketones (excluding diaryl/α,β-unsaturated/α-hetero) is 1. The fraction of sp³-hybridized carbons (Fsp3) is 0.400. The van der Waals surface area contributed by atoms with Crippen LogP contribution in [-0.4, -0.2) is 31.0 Å². The van der Waals surface area contributed by atoms with Gasteiger partial charge in [-0.2, -0.15) is 0 Å². The fourth-order valence-corrected chi connectivity index (χ4v) is 1.11. The summed E-state index contributed by atoms with van der Waals surface area (Å²) in [7, 11) is 3.00. The summed E-state index contributed by atoms with van der Waals surface area (Å²) in [4.78, 5) is 15.5. The Morgan fingerprint density at radius 3 is 2.47 bits per heavy atom. The summed E-state index contributed by atoms with van der Waals surface area (Å²) in [6.07, 6.45) is 1.44. The predicted octanol–water partition coefficient (Wildman–Crippen LogP) is 0.629. The van der Waals surface area contributed by atoms with Gasteiger partial charge in [0.15, 0.2) is 17.3 Å². The molecule has 0 fully saturated rings. The summed E-state index contributed by atoms with van der Waals surface area (Å²) in [5, 5.41) is 0. The Bertz CT molecular complexity index is 364. The smallest absolute Gasteiger partial charge is 0.197 e. The van der Waals surface area contributed by atoms with Crippen LogP contribution in [0.5, 0.6) is 11.5 Å². The summed E-state index contributed by atoms with van der Waals surface area (Å²) in [5.74, 6) is 0.728. The monoisotopic (exact) mass is 210 g/mol. The number of hydrogen-bond acceptors (Lipinski definition) is 5. The van der Waals surface area contributed by atoms with Crippen LogP contribution in [0.25, 0.3) is 0 Å². The van der Waals surface area contributed by atoms with Gasteiger partial charge in [-0.1, -0.05) is 0 Å². The maximum Gasteiger partial charge on any atom is 0.197 e. The molecule has 1 rings (SSSR count). The van der Waals surface area contributed by atoms with Crippen molar-refractivity contribution in [3.63, 3.8) is 0 Å². The highest BCUT2D eigenvalue weighted by molar-refractivity contribution is 5.98. The second kappa shape index (κ2) is 4.75. The number of pyridine rings is 1. The molecule has 0 spiro atoms. The summed E-state index contributed by atoms with van der Waals surface area (Å²) < 4.78 is 10.1. The van der Waals surface area contributed by atoms with E-state index in [0.717, 1.165) is 0 Å². The summed E-state index contributed by atoms with van der Waals surface area (Å²) >= 11 is 0. The molecule has 1 unspecified atom stereocenters. The van der Waals surface area contributed by atoms with Crippen LogP contribution in [0.15, 0.2) is 12.3 Å². The molecule has 0 radical (unpaired) electrons. The van der Waals surface area contributed by atoms with Gasteiger partial charge >= 0.3 is 0 Å². The Labute approximate surface area is 88.2 Å². The molecule has 1 atom stereocenters. The van der Waals surface area contributed by atoms with Gasteiger partial charge in [0.05, 0.1) is 26.5 Å². The lowest BCUT2D eigenvalue weighted by atomic mass is 10.1. The summed E-state index contributed by atoms with van der Waals surface area (Å²) in [6.45, 7) is 1.61. The largest absolute Gasteiger partial charge is 0.493 e. The maximum absolute atomic E-state index is 11.5. The number of aromatic nitrogens is 1. The lowest BCUT2D eigenvalue weighted by Gasteiger charge is -2.09. The molecule has 15 heavy (non-hydrogen) atoms. The van der Waals surface area contributed by atoms with Crippen molar-refractivity contribution in [3.8, 4) is 11.5 Å². The van der Waals surface area contributed by atoms with Crippen molar-refractivity contribution in [1.82, 2.24) is 4.98 Å². The molecule has 0 bridgehead atoms. The first-order chi connectivity index (χ1) is 7.10. The van der Waals surface area contributed by atoms with E-state index in [4.69, 9.17) is 15.2 Å². The number of nitrogens with zero attached hydrogens (tertiary/aromatic N) is 1. The van der Waals surface area contributed by atoms with E-state index in [1.165, 1.54) is 26.5 Å². The SMILES string of the molecule is COc1cnc(C(=O)C(C)N)cc1OC. The van der Waals surface area contributed by atoms with E-state index >= 15 is 0 Å². The van der Waals surface area contributed by atoms with Gasteiger partial charge in [-0.05, 0) is 6.92 Å². The quantitative estimate of drug-likeness (QED) is 0.738. The van der Waals surface area contributed by atoms with Crippen LogP contribution in [0.4, 0.5) is 0 Å². The molecule has 1 aromatic rings. The summed E-state index contributed by atoms with van der Waals surface area (Å²) in [5.41, 5.74) is 5.75. The van der Waals surface area contributed by atoms with Gasteiger partial charge in [-0.15, -0.1) is 0 Å². The third-order valence-electron chi connectivity index (χ3n) is 1.94. The molecule has 0 aliphatic rings. The van der Waals surface area contributed by atoms with Gasteiger partial charge in [0.25, 0.3) is 0 Å². The number of nitrogens with two attached hydrogens (primary N) is 1. The predicted molar refractivity (Wildman–Crippen MR) is 55.3 cm³/mol. The zero-order chi connectivity index (χ0) is 11.4. The molecule has 1 heterocycles. The lowest BCUT2D eigenvalue weighted by molar-refractivity contribution is 0.0962. The molecular formula is C10H14N2O3. The lowest BCUT2D eigenvalue weighted by Crippen LogP contribution is -2.27. The van der Waals surface area contributed by atoms with Crippen molar-refractivity contribution in [3.05, 3.63) is 18.0 Å². The number of carbonyl (C=O) groups is 1. The van der Waals surface area contributed by atoms with Crippen molar-refractivity contribution in [2.24, 2.45) is 5.73 Å². The molecular weight excluding hydrogens is 196 g/mol. The van der Waals surface area contributed by atoms with Crippen LogP contribution < -0.4 is 15.2 Å². The Kier molecular flexibility index (Phi) is 3.62. The van der Waals surface area contributed by atoms with E-state index < -0.39 is 6.04 Å². The Hall–Kier alpha value is -1.62. The van der Waals surface area contributed by atoms with Crippen molar-refractivity contribution in [2.75, 3.05) is 14.2 Å². The van der Waals surface area contributed by atoms with Crippen molar-refractivity contribution in [2.45, 2.75) is 13.0 Å². The fourth-order valence-electron chi connectivity index (χ4n) is 1.11. The molecule has 0 aliphatic heterocycles. The van der Waals surface area contributed by atoms with E-state index in [9.17, 15) is 4.79 Å². The Morgan fingerprint density at radius 2 is 2.00 bits per heavy atom. The minimum atomic E-state index is -0.574. The molecule has 0 aromatic carbocycles. The zero-order valence-electron chi connectivity index (χ0n) is 8.98. The maximum atomic E-state index is 11.5. The molecule has 2 N–H and O–H groups in total. The van der Waals surface area contributed by atoms with Crippen molar-refractivity contribution in [1.29, 1.82) is 0 Å². The van der Waals surface area contributed by atoms with Gasteiger partial charge in [-0.25, -0.2) is 4.98 Å². The minimum absolute atomic E-state index is 0.226. The van der Waals surface area contributed by atoms with Crippen LogP contribution >= 0.6 is 0 Å². The van der Waals surface area contributed by atoms with E-state index in [-0.39, 0.29) is 11.5 Å². The normalized spacial score (nSPS) is 12.0. The van der Waals surface area contributed by atoms with Gasteiger partial charge in [0.1, 0.15) is 5.69 Å². The highest BCUT2D eigenvalue weighted by Gasteiger charge is 2.15. The minimum Gasteiger partial charge on any atom is -0.493 e. The number of rotatable bonds is 4. The van der Waals surface area contributed by atoms with Crippen molar-refractivity contribution >= 4 is 5.78 Å². The average molecular weight is 210 g/mol. The first-order valence-electron chi connectivity index (χ1n) is 4.48. The third-order valence-corrected chi connectivity index (χ3v) is 1.94. The Morgan fingerprint density at radius 1 is 1.40 bits per heavy atom. The number of hydrogen-bond donors (Lipinski definition) is 1.